The maximum absolute atomic E-state index is 12.1. The summed E-state index contributed by atoms with van der Waals surface area (Å²) in [5.74, 6) is 0. The van der Waals surface area contributed by atoms with E-state index in [9.17, 15) is 8.42 Å². The molecule has 19 heavy (non-hydrogen) atoms. The van der Waals surface area contributed by atoms with Gasteiger partial charge in [-0.2, -0.15) is 0 Å². The van der Waals surface area contributed by atoms with Crippen LogP contribution in [0.25, 0.3) is 0 Å². The van der Waals surface area contributed by atoms with E-state index in [2.05, 4.69) is 4.72 Å². The monoisotopic (exact) mass is 296 g/mol. The zero-order valence-electron chi connectivity index (χ0n) is 10.6. The molecule has 0 unspecified atom stereocenters. The largest absolute Gasteiger partial charge is 0.399 e. The highest BCUT2D eigenvalue weighted by molar-refractivity contribution is 7.89. The first-order valence-electron chi connectivity index (χ1n) is 5.87. The summed E-state index contributed by atoms with van der Waals surface area (Å²) in [5.41, 5.74) is 6.84. The number of hydrogen-bond donors (Lipinski definition) is 2. The van der Waals surface area contributed by atoms with Gasteiger partial charge in [-0.15, -0.1) is 11.3 Å². The van der Waals surface area contributed by atoms with Gasteiger partial charge in [0.05, 0.1) is 4.90 Å². The second kappa shape index (κ2) is 5.73. The van der Waals surface area contributed by atoms with Crippen LogP contribution in [-0.2, 0) is 16.4 Å². The molecule has 2 aromatic rings. The fourth-order valence-corrected chi connectivity index (χ4v) is 3.78. The fourth-order valence-electron chi connectivity index (χ4n) is 1.82. The number of thiophene rings is 1. The van der Waals surface area contributed by atoms with Gasteiger partial charge in [0.2, 0.25) is 10.0 Å². The second-order valence-electron chi connectivity index (χ2n) is 4.25. The van der Waals surface area contributed by atoms with Gasteiger partial charge in [-0.25, -0.2) is 13.1 Å². The minimum atomic E-state index is -3.46. The van der Waals surface area contributed by atoms with Crippen molar-refractivity contribution in [2.45, 2.75) is 18.2 Å². The smallest absolute Gasteiger partial charge is 0.240 e. The summed E-state index contributed by atoms with van der Waals surface area (Å²) in [5, 5.41) is 1.98. The van der Waals surface area contributed by atoms with E-state index in [0.717, 1.165) is 4.88 Å². The lowest BCUT2D eigenvalue weighted by atomic mass is 10.2. The van der Waals surface area contributed by atoms with Crippen LogP contribution in [0.3, 0.4) is 0 Å². The Hall–Kier alpha value is -1.37. The van der Waals surface area contributed by atoms with E-state index in [0.29, 0.717) is 24.2 Å². The van der Waals surface area contributed by atoms with Gasteiger partial charge in [0.1, 0.15) is 0 Å². The van der Waals surface area contributed by atoms with Crippen LogP contribution in [0, 0.1) is 6.92 Å². The number of hydrogen-bond acceptors (Lipinski definition) is 4. The third-order valence-electron chi connectivity index (χ3n) is 2.73. The lowest BCUT2D eigenvalue weighted by Gasteiger charge is -2.09. The fraction of sp³-hybridized carbons (Fsp3) is 0.231. The van der Waals surface area contributed by atoms with Crippen LogP contribution in [-0.4, -0.2) is 15.0 Å². The van der Waals surface area contributed by atoms with Crippen molar-refractivity contribution in [1.29, 1.82) is 0 Å². The third kappa shape index (κ3) is 3.56. The number of sulfonamides is 1. The average molecular weight is 296 g/mol. The molecule has 0 aliphatic heterocycles. The van der Waals surface area contributed by atoms with Crippen LogP contribution in [0.4, 0.5) is 5.69 Å². The van der Waals surface area contributed by atoms with Crippen LogP contribution >= 0.6 is 11.3 Å². The molecule has 1 aromatic heterocycles. The summed E-state index contributed by atoms with van der Waals surface area (Å²) in [7, 11) is -3.46. The van der Waals surface area contributed by atoms with Gasteiger partial charge in [-0.1, -0.05) is 6.07 Å². The van der Waals surface area contributed by atoms with E-state index in [1.165, 1.54) is 6.07 Å². The molecule has 2 rings (SSSR count). The van der Waals surface area contributed by atoms with E-state index in [-0.39, 0.29) is 4.90 Å². The van der Waals surface area contributed by atoms with Crippen LogP contribution in [0.2, 0.25) is 0 Å². The van der Waals surface area contributed by atoms with Gasteiger partial charge < -0.3 is 5.73 Å². The van der Waals surface area contributed by atoms with E-state index in [1.807, 2.05) is 17.5 Å². The van der Waals surface area contributed by atoms with E-state index >= 15 is 0 Å². The van der Waals surface area contributed by atoms with Crippen molar-refractivity contribution >= 4 is 27.0 Å². The van der Waals surface area contributed by atoms with Gasteiger partial charge in [-0.05, 0) is 48.6 Å². The molecule has 102 valence electrons. The summed E-state index contributed by atoms with van der Waals surface area (Å²) < 4.78 is 26.9. The summed E-state index contributed by atoms with van der Waals surface area (Å²) in [6.45, 7) is 2.14. The number of nitrogen functional groups attached to an aromatic ring is 1. The molecular weight excluding hydrogens is 280 g/mol. The SMILES string of the molecule is Cc1cc(N)ccc1S(=O)(=O)NCCc1cccs1. The molecule has 4 nitrogen and oxygen atoms in total. The van der Waals surface area contributed by atoms with Crippen LogP contribution in [0.1, 0.15) is 10.4 Å². The van der Waals surface area contributed by atoms with Crippen LogP contribution < -0.4 is 10.5 Å². The Balaban J connectivity index is 2.05. The summed E-state index contributed by atoms with van der Waals surface area (Å²) in [4.78, 5) is 1.45. The number of aryl methyl sites for hydroxylation is 1. The number of nitrogens with one attached hydrogen (secondary N) is 1. The predicted molar refractivity (Wildman–Crippen MR) is 78.8 cm³/mol. The maximum Gasteiger partial charge on any atom is 0.240 e. The van der Waals surface area contributed by atoms with Gasteiger partial charge in [0.15, 0.2) is 0 Å². The molecule has 0 fully saturated rings. The maximum atomic E-state index is 12.1. The molecule has 3 N–H and O–H groups in total. The van der Waals surface area contributed by atoms with Crippen molar-refractivity contribution in [3.8, 4) is 0 Å². The molecule has 0 atom stereocenters. The van der Waals surface area contributed by atoms with Crippen molar-refractivity contribution < 1.29 is 8.42 Å². The molecule has 0 radical (unpaired) electrons. The number of benzene rings is 1. The highest BCUT2D eigenvalue weighted by Gasteiger charge is 2.16. The standard InChI is InChI=1S/C13H16N2O2S2/c1-10-9-11(14)4-5-13(10)19(16,17)15-7-6-12-3-2-8-18-12/h2-5,8-9,15H,6-7,14H2,1H3. The van der Waals surface area contributed by atoms with Crippen LogP contribution in [0.15, 0.2) is 40.6 Å². The molecule has 0 saturated heterocycles. The first-order valence-corrected chi connectivity index (χ1v) is 8.23. The van der Waals surface area contributed by atoms with E-state index < -0.39 is 10.0 Å². The Morgan fingerprint density at radius 3 is 2.74 bits per heavy atom. The molecule has 0 aliphatic carbocycles. The highest BCUT2D eigenvalue weighted by Crippen LogP contribution is 2.17. The van der Waals surface area contributed by atoms with Gasteiger partial charge in [-0.3, -0.25) is 0 Å². The average Bonchev–Trinajstić information content (AvgIpc) is 2.81. The van der Waals surface area contributed by atoms with Gasteiger partial charge in [0.25, 0.3) is 0 Å². The third-order valence-corrected chi connectivity index (χ3v) is 5.29. The molecule has 0 spiro atoms. The second-order valence-corrected chi connectivity index (χ2v) is 7.02. The van der Waals surface area contributed by atoms with E-state index in [1.54, 1.807) is 30.4 Å². The molecule has 6 heteroatoms. The van der Waals surface area contributed by atoms with Crippen molar-refractivity contribution in [3.05, 3.63) is 46.2 Å². The van der Waals surface area contributed by atoms with E-state index in [4.69, 9.17) is 5.73 Å². The Morgan fingerprint density at radius 1 is 1.32 bits per heavy atom. The molecule has 0 bridgehead atoms. The van der Waals surface area contributed by atoms with Crippen molar-refractivity contribution in [1.82, 2.24) is 4.72 Å². The first-order chi connectivity index (χ1) is 8.99. The lowest BCUT2D eigenvalue weighted by molar-refractivity contribution is 0.581. The zero-order chi connectivity index (χ0) is 13.9. The molecule has 1 heterocycles. The molecular formula is C13H16N2O2S2. The minimum Gasteiger partial charge on any atom is -0.399 e. The number of anilines is 1. The van der Waals surface area contributed by atoms with Gasteiger partial charge in [0, 0.05) is 17.1 Å². The summed E-state index contributed by atoms with van der Waals surface area (Å²) in [6, 6.07) is 8.75. The predicted octanol–water partition coefficient (Wildman–Crippen LogP) is 2.16. The topological polar surface area (TPSA) is 72.2 Å². The number of rotatable bonds is 5. The first kappa shape index (κ1) is 14.0. The zero-order valence-corrected chi connectivity index (χ0v) is 12.2. The Morgan fingerprint density at radius 2 is 2.11 bits per heavy atom. The van der Waals surface area contributed by atoms with Crippen LogP contribution in [0.5, 0.6) is 0 Å². The minimum absolute atomic E-state index is 0.285. The van der Waals surface area contributed by atoms with Crippen molar-refractivity contribution in [3.63, 3.8) is 0 Å². The van der Waals surface area contributed by atoms with Crippen molar-refractivity contribution in [2.24, 2.45) is 0 Å². The van der Waals surface area contributed by atoms with Gasteiger partial charge >= 0.3 is 0 Å². The Kier molecular flexibility index (Phi) is 4.24. The summed E-state index contributed by atoms with van der Waals surface area (Å²) in [6.07, 6.45) is 0.699. The highest BCUT2D eigenvalue weighted by atomic mass is 32.2. The summed E-state index contributed by atoms with van der Waals surface area (Å²) >= 11 is 1.62. The molecule has 0 aliphatic rings. The molecule has 0 amide bonds. The van der Waals surface area contributed by atoms with Crippen molar-refractivity contribution in [2.75, 3.05) is 12.3 Å². The molecule has 0 saturated carbocycles. The number of nitrogens with two attached hydrogens (primary N) is 1. The Labute approximate surface area is 117 Å². The quantitative estimate of drug-likeness (QED) is 0.831. The molecule has 1 aromatic carbocycles. The normalized spacial score (nSPS) is 11.6. The Bertz CT molecular complexity index is 649. The lowest BCUT2D eigenvalue weighted by Crippen LogP contribution is -2.26.